The molecule has 0 radical (unpaired) electrons. The Labute approximate surface area is 195 Å². The third kappa shape index (κ3) is 6.08. The summed E-state index contributed by atoms with van der Waals surface area (Å²) in [6.45, 7) is 11.0. The van der Waals surface area contributed by atoms with E-state index in [0.717, 1.165) is 37.8 Å². The van der Waals surface area contributed by atoms with E-state index in [-0.39, 0.29) is 17.8 Å². The molecule has 0 saturated carbocycles. The molecular weight excluding hydrogens is 419 g/mol. The number of nitrogens with one attached hydrogen (secondary N) is 2. The maximum Gasteiger partial charge on any atom is 0.246 e. The average Bonchev–Trinajstić information content (AvgIpc) is 3.24. The summed E-state index contributed by atoms with van der Waals surface area (Å²) < 4.78 is 14.3. The van der Waals surface area contributed by atoms with Gasteiger partial charge in [0.1, 0.15) is 0 Å². The summed E-state index contributed by atoms with van der Waals surface area (Å²) in [7, 11) is 0. The number of benzene rings is 1. The topological polar surface area (TPSA) is 73.4 Å². The van der Waals surface area contributed by atoms with Gasteiger partial charge in [-0.05, 0) is 42.2 Å². The van der Waals surface area contributed by atoms with Crippen molar-refractivity contribution in [2.45, 2.75) is 45.8 Å². The van der Waals surface area contributed by atoms with Crippen molar-refractivity contribution in [2.24, 2.45) is 0 Å². The molecule has 1 aromatic heterocycles. The first-order valence-corrected chi connectivity index (χ1v) is 11.3. The van der Waals surface area contributed by atoms with Crippen LogP contribution in [0.4, 0.5) is 21.8 Å². The number of carbonyl (C=O) groups excluding carboxylic acids is 1. The van der Waals surface area contributed by atoms with Crippen molar-refractivity contribution < 1.29 is 9.18 Å². The first-order chi connectivity index (χ1) is 16.1. The minimum atomic E-state index is -0.531. The molecular formula is C25H31FN6O. The second-order valence-electron chi connectivity index (χ2n) is 7.82. The van der Waals surface area contributed by atoms with Crippen LogP contribution < -0.4 is 10.6 Å². The lowest BCUT2D eigenvalue weighted by atomic mass is 10.1. The number of carbonyl (C=O) groups is 1. The number of halogens is 1. The van der Waals surface area contributed by atoms with Gasteiger partial charge in [-0.15, -0.1) is 6.42 Å². The number of hydrogen-bond acceptors (Lipinski definition) is 6. The highest BCUT2D eigenvalue weighted by molar-refractivity contribution is 5.87. The monoisotopic (exact) mass is 450 g/mol. The lowest BCUT2D eigenvalue weighted by molar-refractivity contribution is -0.127. The smallest absolute Gasteiger partial charge is 0.246 e. The van der Waals surface area contributed by atoms with Gasteiger partial charge in [-0.25, -0.2) is 9.37 Å². The third-order valence-corrected chi connectivity index (χ3v) is 5.56. The van der Waals surface area contributed by atoms with Crippen molar-refractivity contribution in [1.82, 2.24) is 19.8 Å². The first kappa shape index (κ1) is 24.2. The van der Waals surface area contributed by atoms with Gasteiger partial charge < -0.3 is 15.5 Å². The molecule has 1 unspecified atom stereocenters. The molecule has 0 aliphatic carbocycles. The van der Waals surface area contributed by atoms with E-state index in [2.05, 4.69) is 44.1 Å². The summed E-state index contributed by atoms with van der Waals surface area (Å²) in [4.78, 5) is 24.2. The van der Waals surface area contributed by atoms with Crippen LogP contribution in [0.2, 0.25) is 0 Å². The van der Waals surface area contributed by atoms with Crippen LogP contribution in [0.15, 0.2) is 37.1 Å². The van der Waals surface area contributed by atoms with E-state index in [1.165, 1.54) is 17.2 Å². The number of aromatic nitrogens is 2. The number of likely N-dealkylation sites (tertiary alicyclic amines) is 1. The van der Waals surface area contributed by atoms with Gasteiger partial charge in [0.15, 0.2) is 11.6 Å². The van der Waals surface area contributed by atoms with Crippen LogP contribution >= 0.6 is 0 Å². The number of nitrogens with zero attached hydrogens (tertiary/aromatic N) is 4. The Morgan fingerprint density at radius 2 is 2.15 bits per heavy atom. The van der Waals surface area contributed by atoms with Gasteiger partial charge in [0.25, 0.3) is 0 Å². The van der Waals surface area contributed by atoms with Gasteiger partial charge in [-0.3, -0.25) is 9.69 Å². The molecule has 1 atom stereocenters. The van der Waals surface area contributed by atoms with Crippen molar-refractivity contribution in [1.29, 1.82) is 0 Å². The number of anilines is 3. The van der Waals surface area contributed by atoms with Crippen molar-refractivity contribution in [3.8, 4) is 12.3 Å². The molecule has 1 saturated heterocycles. The Morgan fingerprint density at radius 3 is 2.91 bits per heavy atom. The molecule has 0 bridgehead atoms. The van der Waals surface area contributed by atoms with Crippen LogP contribution in [0.5, 0.6) is 0 Å². The zero-order chi connectivity index (χ0) is 23.8. The van der Waals surface area contributed by atoms with Gasteiger partial charge in [0.05, 0.1) is 12.7 Å². The number of amides is 1. The van der Waals surface area contributed by atoms with Crippen LogP contribution in [0.1, 0.15) is 37.8 Å². The normalized spacial score (nSPS) is 17.3. The second kappa shape index (κ2) is 11.4. The molecule has 3 heterocycles. The molecule has 7 nitrogen and oxygen atoms in total. The highest BCUT2D eigenvalue weighted by Gasteiger charge is 2.24. The van der Waals surface area contributed by atoms with E-state index in [1.54, 1.807) is 4.90 Å². The predicted octanol–water partition coefficient (Wildman–Crippen LogP) is 3.92. The molecule has 2 N–H and O–H groups in total. The molecule has 2 aromatic rings. The van der Waals surface area contributed by atoms with Crippen molar-refractivity contribution in [3.63, 3.8) is 0 Å². The van der Waals surface area contributed by atoms with Crippen molar-refractivity contribution in [2.75, 3.05) is 30.3 Å². The van der Waals surface area contributed by atoms with Gasteiger partial charge in [0.2, 0.25) is 11.9 Å². The molecule has 0 spiro atoms. The zero-order valence-corrected chi connectivity index (χ0v) is 19.3. The lowest BCUT2D eigenvalue weighted by Crippen LogP contribution is -2.44. The van der Waals surface area contributed by atoms with Gasteiger partial charge in [0, 0.05) is 37.9 Å². The maximum atomic E-state index is 14.3. The summed E-state index contributed by atoms with van der Waals surface area (Å²) >= 11 is 0. The Kier molecular flexibility index (Phi) is 8.39. The number of piperidine rings is 1. The number of terminal acetylenes is 1. The summed E-state index contributed by atoms with van der Waals surface area (Å²) in [6.07, 6.45) is 9.53. The summed E-state index contributed by atoms with van der Waals surface area (Å²) in [5.74, 6) is 2.46. The Hall–Kier alpha value is -3.44. The highest BCUT2D eigenvalue weighted by atomic mass is 19.1. The maximum absolute atomic E-state index is 14.3. The SMILES string of the molecule is C#CCN1Cc2ccc(Nc3ncc(F)c(NC4CCCN(C(=O)C=C)C4)n3)cc2C1.CC. The molecule has 8 heteroatoms. The lowest BCUT2D eigenvalue weighted by Gasteiger charge is -2.32. The Bertz CT molecular complexity index is 1030. The fourth-order valence-electron chi connectivity index (χ4n) is 4.06. The molecule has 2 aliphatic rings. The molecule has 2 aliphatic heterocycles. The zero-order valence-electron chi connectivity index (χ0n) is 19.3. The summed E-state index contributed by atoms with van der Waals surface area (Å²) in [5, 5.41) is 6.28. The quantitative estimate of drug-likeness (QED) is 0.513. The van der Waals surface area contributed by atoms with E-state index >= 15 is 0 Å². The predicted molar refractivity (Wildman–Crippen MR) is 129 cm³/mol. The molecule has 1 amide bonds. The molecule has 33 heavy (non-hydrogen) atoms. The number of fused-ring (bicyclic) bond motifs is 1. The first-order valence-electron chi connectivity index (χ1n) is 11.3. The van der Waals surface area contributed by atoms with Crippen LogP contribution in [-0.2, 0) is 17.9 Å². The van der Waals surface area contributed by atoms with Crippen molar-refractivity contribution >= 4 is 23.4 Å². The minimum Gasteiger partial charge on any atom is -0.363 e. The van der Waals surface area contributed by atoms with E-state index in [4.69, 9.17) is 6.42 Å². The summed E-state index contributed by atoms with van der Waals surface area (Å²) in [5.41, 5.74) is 3.29. The third-order valence-electron chi connectivity index (χ3n) is 5.56. The van der Waals surface area contributed by atoms with E-state index in [0.29, 0.717) is 25.6 Å². The number of rotatable bonds is 6. The minimum absolute atomic E-state index is 0.0861. The van der Waals surface area contributed by atoms with Gasteiger partial charge >= 0.3 is 0 Å². The van der Waals surface area contributed by atoms with E-state index < -0.39 is 5.82 Å². The fourth-order valence-corrected chi connectivity index (χ4v) is 4.06. The van der Waals surface area contributed by atoms with Crippen LogP contribution in [0, 0.1) is 18.2 Å². The van der Waals surface area contributed by atoms with Crippen LogP contribution in [0.3, 0.4) is 0 Å². The number of hydrogen-bond donors (Lipinski definition) is 2. The largest absolute Gasteiger partial charge is 0.363 e. The fraction of sp³-hybridized carbons (Fsp3) is 0.400. The molecule has 1 fully saturated rings. The molecule has 1 aromatic carbocycles. The Morgan fingerprint density at radius 1 is 1.36 bits per heavy atom. The van der Waals surface area contributed by atoms with E-state index in [1.807, 2.05) is 26.0 Å². The average molecular weight is 451 g/mol. The van der Waals surface area contributed by atoms with E-state index in [9.17, 15) is 9.18 Å². The molecule has 174 valence electrons. The highest BCUT2D eigenvalue weighted by Crippen LogP contribution is 2.27. The summed E-state index contributed by atoms with van der Waals surface area (Å²) in [6, 6.07) is 5.98. The molecule has 4 rings (SSSR count). The van der Waals surface area contributed by atoms with Gasteiger partial charge in [-0.2, -0.15) is 4.98 Å². The standard InChI is InChI=1S/C23H25FN6O.C2H6/c1-3-9-29-13-16-7-8-18(11-17(16)14-29)27-23-25-12-20(24)22(28-23)26-19-6-5-10-30(15-19)21(31)4-2;1-2/h1,4,7-8,11-12,19H,2,5-6,9-10,13-15H2,(H2,25,26,27,28);1-2H3. The van der Waals surface area contributed by atoms with Gasteiger partial charge in [-0.1, -0.05) is 32.4 Å². The second-order valence-corrected chi connectivity index (χ2v) is 7.82. The Balaban J connectivity index is 0.00000149. The van der Waals surface area contributed by atoms with Crippen LogP contribution in [-0.4, -0.2) is 51.4 Å². The van der Waals surface area contributed by atoms with Crippen molar-refractivity contribution in [3.05, 3.63) is 54.0 Å². The van der Waals surface area contributed by atoms with Crippen LogP contribution in [0.25, 0.3) is 0 Å².